The molecule has 1 N–H and O–H groups in total. The molecule has 0 amide bonds. The Labute approximate surface area is 104 Å². The van der Waals surface area contributed by atoms with E-state index in [9.17, 15) is 5.11 Å². The van der Waals surface area contributed by atoms with Gasteiger partial charge in [-0.2, -0.15) is 5.10 Å². The van der Waals surface area contributed by atoms with E-state index in [-0.39, 0.29) is 5.75 Å². The molecule has 0 saturated carbocycles. The topological polar surface area (TPSA) is 50.9 Å². The molecule has 0 aliphatic heterocycles. The predicted molar refractivity (Wildman–Crippen MR) is 68.5 cm³/mol. The van der Waals surface area contributed by atoms with Crippen molar-refractivity contribution in [3.8, 4) is 22.6 Å². The summed E-state index contributed by atoms with van der Waals surface area (Å²) in [5.41, 5.74) is 2.91. The Morgan fingerprint density at radius 2 is 1.83 bits per heavy atom. The lowest BCUT2D eigenvalue weighted by Gasteiger charge is -2.01. The Morgan fingerprint density at radius 1 is 1.00 bits per heavy atom. The van der Waals surface area contributed by atoms with Gasteiger partial charge >= 0.3 is 0 Å². The van der Waals surface area contributed by atoms with Crippen LogP contribution in [0.1, 0.15) is 0 Å². The minimum absolute atomic E-state index is 0.230. The van der Waals surface area contributed by atoms with Crippen LogP contribution in [0.5, 0.6) is 5.75 Å². The molecule has 88 valence electrons. The number of rotatable bonds is 2. The minimum atomic E-state index is 0.230. The molecule has 0 saturated heterocycles. The summed E-state index contributed by atoms with van der Waals surface area (Å²) in [7, 11) is 0. The SMILES string of the molecule is Oc1cccc(-n2cc(-c3ccncc3)cn2)c1. The number of benzene rings is 1. The van der Waals surface area contributed by atoms with E-state index in [4.69, 9.17) is 0 Å². The fraction of sp³-hybridized carbons (Fsp3) is 0. The van der Waals surface area contributed by atoms with E-state index in [1.165, 1.54) is 0 Å². The fourth-order valence-electron chi connectivity index (χ4n) is 1.79. The lowest BCUT2D eigenvalue weighted by molar-refractivity contribution is 0.475. The molecule has 0 fully saturated rings. The third-order valence-corrected chi connectivity index (χ3v) is 2.69. The molecular weight excluding hydrogens is 226 g/mol. The molecule has 0 aliphatic rings. The Morgan fingerprint density at radius 3 is 2.61 bits per heavy atom. The van der Waals surface area contributed by atoms with Gasteiger partial charge in [-0.05, 0) is 29.8 Å². The van der Waals surface area contributed by atoms with Crippen molar-refractivity contribution in [3.63, 3.8) is 0 Å². The van der Waals surface area contributed by atoms with Crippen molar-refractivity contribution in [1.82, 2.24) is 14.8 Å². The smallest absolute Gasteiger partial charge is 0.117 e. The quantitative estimate of drug-likeness (QED) is 0.745. The highest BCUT2D eigenvalue weighted by Gasteiger charge is 2.03. The summed E-state index contributed by atoms with van der Waals surface area (Å²) in [4.78, 5) is 3.99. The Kier molecular flexibility index (Phi) is 2.53. The number of aromatic nitrogens is 3. The lowest BCUT2D eigenvalue weighted by atomic mass is 10.1. The van der Waals surface area contributed by atoms with Gasteiger partial charge in [0.2, 0.25) is 0 Å². The highest BCUT2D eigenvalue weighted by atomic mass is 16.3. The van der Waals surface area contributed by atoms with Crippen molar-refractivity contribution in [2.45, 2.75) is 0 Å². The average molecular weight is 237 g/mol. The molecule has 2 aromatic heterocycles. The molecule has 0 bridgehead atoms. The van der Waals surface area contributed by atoms with E-state index < -0.39 is 0 Å². The normalized spacial score (nSPS) is 10.4. The summed E-state index contributed by atoms with van der Waals surface area (Å²) >= 11 is 0. The van der Waals surface area contributed by atoms with Gasteiger partial charge in [-0.25, -0.2) is 4.68 Å². The first kappa shape index (κ1) is 10.5. The van der Waals surface area contributed by atoms with Crippen molar-refractivity contribution in [2.24, 2.45) is 0 Å². The van der Waals surface area contributed by atoms with E-state index in [1.807, 2.05) is 24.4 Å². The number of nitrogens with zero attached hydrogens (tertiary/aromatic N) is 3. The predicted octanol–water partition coefficient (Wildman–Crippen LogP) is 2.64. The summed E-state index contributed by atoms with van der Waals surface area (Å²) in [5.74, 6) is 0.230. The first-order valence-electron chi connectivity index (χ1n) is 5.57. The average Bonchev–Trinajstić information content (AvgIpc) is 2.89. The van der Waals surface area contributed by atoms with Crippen molar-refractivity contribution in [2.75, 3.05) is 0 Å². The maximum atomic E-state index is 9.45. The van der Waals surface area contributed by atoms with Gasteiger partial charge in [-0.3, -0.25) is 4.98 Å². The Balaban J connectivity index is 2.00. The summed E-state index contributed by atoms with van der Waals surface area (Å²) in [5, 5.41) is 13.7. The van der Waals surface area contributed by atoms with E-state index in [2.05, 4.69) is 10.1 Å². The maximum Gasteiger partial charge on any atom is 0.117 e. The van der Waals surface area contributed by atoms with E-state index in [0.717, 1.165) is 16.8 Å². The van der Waals surface area contributed by atoms with Crippen LogP contribution >= 0.6 is 0 Å². The summed E-state index contributed by atoms with van der Waals surface area (Å²) in [6, 6.07) is 10.9. The standard InChI is InChI=1S/C14H11N3O/c18-14-3-1-2-13(8-14)17-10-12(9-16-17)11-4-6-15-7-5-11/h1-10,18H. The maximum absolute atomic E-state index is 9.45. The van der Waals surface area contributed by atoms with Crippen LogP contribution in [-0.2, 0) is 0 Å². The number of hydrogen-bond donors (Lipinski definition) is 1. The highest BCUT2D eigenvalue weighted by molar-refractivity contribution is 5.61. The third-order valence-electron chi connectivity index (χ3n) is 2.69. The number of aromatic hydroxyl groups is 1. The molecule has 0 aliphatic carbocycles. The van der Waals surface area contributed by atoms with Crippen LogP contribution in [0.25, 0.3) is 16.8 Å². The molecule has 4 heteroatoms. The van der Waals surface area contributed by atoms with Crippen LogP contribution in [0.4, 0.5) is 0 Å². The third kappa shape index (κ3) is 1.96. The van der Waals surface area contributed by atoms with Crippen LogP contribution in [0.3, 0.4) is 0 Å². The first-order chi connectivity index (χ1) is 8.83. The molecular formula is C14H11N3O. The second kappa shape index (κ2) is 4.33. The van der Waals surface area contributed by atoms with Crippen molar-refractivity contribution >= 4 is 0 Å². The number of phenols is 1. The summed E-state index contributed by atoms with van der Waals surface area (Å²) in [6.45, 7) is 0. The molecule has 0 unspecified atom stereocenters. The Bertz CT molecular complexity index is 662. The van der Waals surface area contributed by atoms with Gasteiger partial charge in [0.25, 0.3) is 0 Å². The van der Waals surface area contributed by atoms with Crippen LogP contribution < -0.4 is 0 Å². The summed E-state index contributed by atoms with van der Waals surface area (Å²) < 4.78 is 1.73. The van der Waals surface area contributed by atoms with Crippen LogP contribution in [0.2, 0.25) is 0 Å². The zero-order valence-corrected chi connectivity index (χ0v) is 9.56. The molecule has 1 aromatic carbocycles. The molecule has 18 heavy (non-hydrogen) atoms. The fourth-order valence-corrected chi connectivity index (χ4v) is 1.79. The molecule has 0 atom stereocenters. The number of phenolic OH excluding ortho intramolecular Hbond substituents is 1. The zero-order valence-electron chi connectivity index (χ0n) is 9.56. The first-order valence-corrected chi connectivity index (χ1v) is 5.57. The van der Waals surface area contributed by atoms with Crippen LogP contribution in [0.15, 0.2) is 61.2 Å². The van der Waals surface area contributed by atoms with E-state index in [0.29, 0.717) is 0 Å². The van der Waals surface area contributed by atoms with E-state index in [1.54, 1.807) is 41.5 Å². The van der Waals surface area contributed by atoms with Gasteiger partial charge in [-0.1, -0.05) is 6.07 Å². The van der Waals surface area contributed by atoms with Crippen LogP contribution in [-0.4, -0.2) is 19.9 Å². The van der Waals surface area contributed by atoms with Gasteiger partial charge in [0.1, 0.15) is 5.75 Å². The molecule has 0 spiro atoms. The van der Waals surface area contributed by atoms with Crippen molar-refractivity contribution in [3.05, 3.63) is 61.2 Å². The zero-order chi connectivity index (χ0) is 12.4. The second-order valence-electron chi connectivity index (χ2n) is 3.93. The number of pyridine rings is 1. The van der Waals surface area contributed by atoms with Gasteiger partial charge < -0.3 is 5.11 Å². The highest BCUT2D eigenvalue weighted by Crippen LogP contribution is 2.20. The molecule has 0 radical (unpaired) electrons. The molecule has 3 rings (SSSR count). The van der Waals surface area contributed by atoms with Gasteiger partial charge in [0, 0.05) is 30.2 Å². The van der Waals surface area contributed by atoms with Crippen molar-refractivity contribution < 1.29 is 5.11 Å². The van der Waals surface area contributed by atoms with Crippen LogP contribution in [0, 0.1) is 0 Å². The van der Waals surface area contributed by atoms with Gasteiger partial charge in [0.15, 0.2) is 0 Å². The molecule has 2 heterocycles. The van der Waals surface area contributed by atoms with Gasteiger partial charge in [0.05, 0.1) is 11.9 Å². The summed E-state index contributed by atoms with van der Waals surface area (Å²) in [6.07, 6.45) is 7.21. The van der Waals surface area contributed by atoms with Crippen molar-refractivity contribution in [1.29, 1.82) is 0 Å². The second-order valence-corrected chi connectivity index (χ2v) is 3.93. The monoisotopic (exact) mass is 237 g/mol. The largest absolute Gasteiger partial charge is 0.508 e. The lowest BCUT2D eigenvalue weighted by Crippen LogP contribution is -1.92. The van der Waals surface area contributed by atoms with Gasteiger partial charge in [-0.15, -0.1) is 0 Å². The number of hydrogen-bond acceptors (Lipinski definition) is 3. The molecule has 3 aromatic rings. The Hall–Kier alpha value is -2.62. The minimum Gasteiger partial charge on any atom is -0.508 e. The van der Waals surface area contributed by atoms with E-state index >= 15 is 0 Å². The molecule has 4 nitrogen and oxygen atoms in total.